The molecule has 0 amide bonds. The second-order valence-electron chi connectivity index (χ2n) is 8.17. The number of ether oxygens (including phenoxy) is 2. The SMILES string of the molecule is CS(=O)(=O)ON=C1CCOc2ccc(Br)cc21.O=S(=O)(ON=C1CCOc2ccc(Br)cc21)c1ccccc1. The monoisotopic (exact) mass is 700 g/mol. The van der Waals surface area contributed by atoms with Crippen LogP contribution in [0.15, 0.2) is 90.9 Å². The van der Waals surface area contributed by atoms with Gasteiger partial charge in [-0.15, -0.1) is 0 Å². The number of hydrogen-bond acceptors (Lipinski definition) is 10. The molecule has 0 saturated heterocycles. The smallest absolute Gasteiger partial charge is 0.358 e. The molecule has 2 aliphatic heterocycles. The van der Waals surface area contributed by atoms with Gasteiger partial charge in [0.25, 0.3) is 0 Å². The van der Waals surface area contributed by atoms with Crippen LogP contribution in [0.3, 0.4) is 0 Å². The highest BCUT2D eigenvalue weighted by atomic mass is 79.9. The largest absolute Gasteiger partial charge is 0.492 e. The summed E-state index contributed by atoms with van der Waals surface area (Å²) in [5, 5.41) is 7.51. The summed E-state index contributed by atoms with van der Waals surface area (Å²) in [4.78, 5) is 0.0703. The Labute approximate surface area is 243 Å². The quantitative estimate of drug-likeness (QED) is 0.330. The first-order chi connectivity index (χ1) is 18.5. The zero-order valence-electron chi connectivity index (χ0n) is 20.4. The fraction of sp³-hybridized carbons (Fsp3) is 0.200. The number of benzene rings is 3. The van der Waals surface area contributed by atoms with Crippen LogP contribution in [0, 0.1) is 0 Å². The van der Waals surface area contributed by atoms with Crippen LogP contribution < -0.4 is 9.47 Å². The van der Waals surface area contributed by atoms with E-state index in [0.717, 1.165) is 26.3 Å². The molecule has 0 saturated carbocycles. The molecule has 206 valence electrons. The molecule has 2 aliphatic rings. The van der Waals surface area contributed by atoms with Crippen LogP contribution in [0.5, 0.6) is 11.5 Å². The predicted molar refractivity (Wildman–Crippen MR) is 152 cm³/mol. The van der Waals surface area contributed by atoms with E-state index in [-0.39, 0.29) is 4.90 Å². The van der Waals surface area contributed by atoms with Gasteiger partial charge in [0.2, 0.25) is 0 Å². The first-order valence-corrected chi connectivity index (χ1v) is 16.2. The average Bonchev–Trinajstić information content (AvgIpc) is 2.91. The van der Waals surface area contributed by atoms with Crippen molar-refractivity contribution in [3.05, 3.63) is 86.8 Å². The summed E-state index contributed by atoms with van der Waals surface area (Å²) in [7, 11) is -7.49. The molecule has 39 heavy (non-hydrogen) atoms. The Morgan fingerprint density at radius 2 is 1.21 bits per heavy atom. The van der Waals surface area contributed by atoms with Crippen LogP contribution in [0.2, 0.25) is 0 Å². The molecule has 0 bridgehead atoms. The highest BCUT2D eigenvalue weighted by molar-refractivity contribution is 9.10. The number of rotatable bonds is 5. The molecule has 0 fully saturated rings. The first kappa shape index (κ1) is 29.1. The van der Waals surface area contributed by atoms with Crippen molar-refractivity contribution in [2.75, 3.05) is 19.5 Å². The zero-order valence-corrected chi connectivity index (χ0v) is 25.2. The fourth-order valence-corrected chi connectivity index (χ4v) is 5.23. The van der Waals surface area contributed by atoms with Gasteiger partial charge in [-0.25, -0.2) is 0 Å². The van der Waals surface area contributed by atoms with Crippen molar-refractivity contribution in [1.29, 1.82) is 0 Å². The van der Waals surface area contributed by atoms with Crippen LogP contribution in [-0.4, -0.2) is 47.7 Å². The van der Waals surface area contributed by atoms with E-state index in [2.05, 4.69) is 46.5 Å². The maximum Gasteiger partial charge on any atom is 0.358 e. The van der Waals surface area contributed by atoms with E-state index in [1.165, 1.54) is 12.1 Å². The molecule has 3 aromatic rings. The predicted octanol–water partition coefficient (Wildman–Crippen LogP) is 5.25. The van der Waals surface area contributed by atoms with E-state index in [1.807, 2.05) is 24.3 Å². The van der Waals surface area contributed by atoms with Crippen LogP contribution >= 0.6 is 31.9 Å². The number of oxime groups is 2. The van der Waals surface area contributed by atoms with Crippen molar-refractivity contribution in [2.45, 2.75) is 17.7 Å². The number of nitrogens with zero attached hydrogens (tertiary/aromatic N) is 2. The maximum absolute atomic E-state index is 12.1. The average molecular weight is 702 g/mol. The number of halogens is 2. The van der Waals surface area contributed by atoms with Crippen LogP contribution in [-0.2, 0) is 28.8 Å². The Kier molecular flexibility index (Phi) is 9.31. The maximum atomic E-state index is 12.1. The van der Waals surface area contributed by atoms with Gasteiger partial charge in [-0.2, -0.15) is 16.8 Å². The van der Waals surface area contributed by atoms with Gasteiger partial charge in [0.05, 0.1) is 30.9 Å². The Bertz CT molecular complexity index is 1630. The minimum atomic E-state index is -3.91. The summed E-state index contributed by atoms with van der Waals surface area (Å²) in [6.45, 7) is 0.892. The second-order valence-corrected chi connectivity index (χ2v) is 13.1. The van der Waals surface area contributed by atoms with Gasteiger partial charge in [0.15, 0.2) is 0 Å². The molecule has 0 atom stereocenters. The summed E-state index contributed by atoms with van der Waals surface area (Å²) in [6.07, 6.45) is 1.95. The lowest BCUT2D eigenvalue weighted by Gasteiger charge is -2.18. The van der Waals surface area contributed by atoms with Crippen molar-refractivity contribution in [3.8, 4) is 11.5 Å². The molecule has 0 aromatic heterocycles. The summed E-state index contributed by atoms with van der Waals surface area (Å²) in [5.41, 5.74) is 2.58. The minimum Gasteiger partial charge on any atom is -0.492 e. The van der Waals surface area contributed by atoms with E-state index < -0.39 is 20.2 Å². The molecule has 0 radical (unpaired) electrons. The summed E-state index contributed by atoms with van der Waals surface area (Å²) >= 11 is 6.71. The molecule has 10 nitrogen and oxygen atoms in total. The molecule has 0 N–H and O–H groups in total. The van der Waals surface area contributed by atoms with Crippen LogP contribution in [0.4, 0.5) is 0 Å². The van der Waals surface area contributed by atoms with E-state index in [4.69, 9.17) is 13.8 Å². The molecule has 5 rings (SSSR count). The molecule has 14 heteroatoms. The van der Waals surface area contributed by atoms with Gasteiger partial charge < -0.3 is 9.47 Å². The Hall–Kier alpha value is -2.94. The molecule has 3 aromatic carbocycles. The van der Waals surface area contributed by atoms with Gasteiger partial charge >= 0.3 is 20.2 Å². The Balaban J connectivity index is 0.000000187. The van der Waals surface area contributed by atoms with Crippen molar-refractivity contribution in [1.82, 2.24) is 0 Å². The normalized spacial score (nSPS) is 16.6. The lowest BCUT2D eigenvalue weighted by molar-refractivity contribution is 0.308. The summed E-state index contributed by atoms with van der Waals surface area (Å²) in [6, 6.07) is 18.9. The van der Waals surface area contributed by atoms with Crippen molar-refractivity contribution >= 4 is 63.5 Å². The van der Waals surface area contributed by atoms with Gasteiger partial charge in [0.1, 0.15) is 16.4 Å². The number of fused-ring (bicyclic) bond motifs is 2. The topological polar surface area (TPSA) is 130 Å². The molecule has 2 heterocycles. The molecule has 0 unspecified atom stereocenters. The van der Waals surface area contributed by atoms with E-state index in [1.54, 1.807) is 30.3 Å². The van der Waals surface area contributed by atoms with E-state index >= 15 is 0 Å². The summed E-state index contributed by atoms with van der Waals surface area (Å²) in [5.74, 6) is 1.34. The first-order valence-electron chi connectivity index (χ1n) is 11.4. The highest BCUT2D eigenvalue weighted by Crippen LogP contribution is 2.29. The van der Waals surface area contributed by atoms with Crippen molar-refractivity contribution in [2.24, 2.45) is 10.3 Å². The Morgan fingerprint density at radius 3 is 1.69 bits per heavy atom. The van der Waals surface area contributed by atoms with Crippen LogP contribution in [0.1, 0.15) is 24.0 Å². The van der Waals surface area contributed by atoms with Crippen molar-refractivity contribution < 1.29 is 34.9 Å². The van der Waals surface area contributed by atoms with E-state index in [9.17, 15) is 16.8 Å². The third kappa shape index (κ3) is 8.03. The molecule has 0 spiro atoms. The minimum absolute atomic E-state index is 0.0703. The Morgan fingerprint density at radius 1 is 0.718 bits per heavy atom. The van der Waals surface area contributed by atoms with Crippen molar-refractivity contribution in [3.63, 3.8) is 0 Å². The van der Waals surface area contributed by atoms with Crippen LogP contribution in [0.25, 0.3) is 0 Å². The lowest BCUT2D eigenvalue weighted by atomic mass is 10.0. The van der Waals surface area contributed by atoms with Gasteiger partial charge in [-0.1, -0.05) is 60.4 Å². The van der Waals surface area contributed by atoms with Gasteiger partial charge in [-0.3, -0.25) is 8.57 Å². The zero-order chi connectivity index (χ0) is 28.0. The molecular formula is C25H22Br2N2O8S2. The van der Waals surface area contributed by atoms with Gasteiger partial charge in [-0.05, 0) is 48.5 Å². The molecular weight excluding hydrogens is 680 g/mol. The highest BCUT2D eigenvalue weighted by Gasteiger charge is 2.21. The number of hydrogen-bond donors (Lipinski definition) is 0. The summed E-state index contributed by atoms with van der Waals surface area (Å²) < 4.78 is 67.9. The third-order valence-electron chi connectivity index (χ3n) is 5.26. The second kappa shape index (κ2) is 12.5. The fourth-order valence-electron chi connectivity index (χ4n) is 3.52. The van der Waals surface area contributed by atoms with Gasteiger partial charge in [0, 0.05) is 32.9 Å². The van der Waals surface area contributed by atoms with E-state index in [0.29, 0.717) is 49.0 Å². The lowest BCUT2D eigenvalue weighted by Crippen LogP contribution is -2.17. The molecule has 0 aliphatic carbocycles. The standard InChI is InChI=1S/C15H12BrNO4S.C10H10BrNO4S/c16-11-6-7-15-13(10-11)14(8-9-20-15)17-21-22(18,19)12-4-2-1-3-5-12;1-17(13,14)16-12-9-4-5-15-10-3-2-7(11)6-8(9)10/h1-7,10H,8-9H2;2-3,6H,4-5H2,1H3. The third-order valence-corrected chi connectivity index (χ3v) is 7.71.